The first-order valence-corrected chi connectivity index (χ1v) is 14.9. The van der Waals surface area contributed by atoms with Gasteiger partial charge in [-0.1, -0.05) is 36.2 Å². The van der Waals surface area contributed by atoms with Gasteiger partial charge in [0.15, 0.2) is 0 Å². The Balaban J connectivity index is 1.17. The van der Waals surface area contributed by atoms with Crippen molar-refractivity contribution in [3.05, 3.63) is 72.3 Å². The third kappa shape index (κ3) is 7.25. The van der Waals surface area contributed by atoms with E-state index in [1.807, 2.05) is 5.32 Å². The molecule has 232 valence electrons. The Morgan fingerprint density at radius 2 is 1.74 bits per heavy atom. The predicted molar refractivity (Wildman–Crippen MR) is 161 cm³/mol. The summed E-state index contributed by atoms with van der Waals surface area (Å²) in [5.41, 5.74) is -1.64. The molecule has 2 aromatic carbocycles. The highest BCUT2D eigenvalue weighted by atomic mass is 35.5. The Labute approximate surface area is 256 Å². The van der Waals surface area contributed by atoms with Crippen molar-refractivity contribution in [3.8, 4) is 0 Å². The van der Waals surface area contributed by atoms with Gasteiger partial charge in [-0.3, -0.25) is 19.4 Å². The van der Waals surface area contributed by atoms with Crippen molar-refractivity contribution in [2.75, 3.05) is 54.8 Å². The van der Waals surface area contributed by atoms with E-state index in [4.69, 9.17) is 23.2 Å². The van der Waals surface area contributed by atoms with Crippen LogP contribution in [0.25, 0.3) is 0 Å². The first-order valence-electron chi connectivity index (χ1n) is 14.2. The number of aromatic nitrogens is 1. The summed E-state index contributed by atoms with van der Waals surface area (Å²) < 4.78 is 52.0. The molecule has 2 aliphatic rings. The fraction of sp³-hybridized carbons (Fsp3) is 0.483. The largest absolute Gasteiger partial charge is 0.405 e. The number of hydrogen-bond acceptors (Lipinski definition) is 8. The molecule has 5 rings (SSSR count). The lowest BCUT2D eigenvalue weighted by Gasteiger charge is -2.47. The molecule has 1 atom stereocenters. The Hall–Kier alpha value is -2.93. The highest BCUT2D eigenvalue weighted by molar-refractivity contribution is 6.33. The zero-order valence-corrected chi connectivity index (χ0v) is 25.0. The van der Waals surface area contributed by atoms with Crippen LogP contribution in [-0.2, 0) is 6.54 Å². The molecule has 43 heavy (non-hydrogen) atoms. The molecule has 3 aromatic rings. The number of alkyl halides is 3. The molecule has 2 fully saturated rings. The van der Waals surface area contributed by atoms with E-state index in [1.165, 1.54) is 12.3 Å². The van der Waals surface area contributed by atoms with Crippen molar-refractivity contribution in [2.24, 2.45) is 0 Å². The lowest BCUT2D eigenvalue weighted by molar-refractivity contribution is -0.115. The van der Waals surface area contributed by atoms with E-state index in [1.54, 1.807) is 18.2 Å². The molecule has 0 saturated carbocycles. The first kappa shape index (κ1) is 31.5. The summed E-state index contributed by atoms with van der Waals surface area (Å²) in [7, 11) is 0. The van der Waals surface area contributed by atoms with Crippen LogP contribution in [-0.4, -0.2) is 72.3 Å². The minimum Gasteiger partial charge on any atom is -0.371 e. The highest BCUT2D eigenvalue weighted by Gasteiger charge is 2.34. The molecule has 3 heterocycles. The molecule has 8 nitrogen and oxygen atoms in total. The van der Waals surface area contributed by atoms with Gasteiger partial charge in [-0.2, -0.15) is 13.2 Å². The number of halogens is 6. The third-order valence-electron chi connectivity index (χ3n) is 8.20. The Bertz CT molecular complexity index is 1520. The number of benzene rings is 1. The number of hydrogen-bond donors (Lipinski definition) is 2. The van der Waals surface area contributed by atoms with Gasteiger partial charge in [0.1, 0.15) is 29.6 Å². The molecule has 2 aliphatic heterocycles. The maximum Gasteiger partial charge on any atom is 0.405 e. The van der Waals surface area contributed by atoms with Crippen LogP contribution in [0.15, 0.2) is 40.1 Å². The van der Waals surface area contributed by atoms with Crippen LogP contribution < -0.4 is 26.4 Å². The number of nitrogens with one attached hydrogen (secondary N) is 2. The maximum absolute atomic E-state index is 14.3. The number of piperazine rings is 1. The average molecular weight is 644 g/mol. The van der Waals surface area contributed by atoms with E-state index in [2.05, 4.69) is 31.9 Å². The first-order chi connectivity index (χ1) is 20.4. The SMILES string of the molecule is CCC1CN(c2ncc(Nc3c(NCC(F)(F)F)c(=O)c3=O)cc2Cl)CCN1C1CCN(Cc2ccc(Cl)cc2F)CC1. The van der Waals surface area contributed by atoms with Crippen molar-refractivity contribution in [1.82, 2.24) is 14.8 Å². The molecule has 1 aromatic heterocycles. The summed E-state index contributed by atoms with van der Waals surface area (Å²) in [4.78, 5) is 35.2. The summed E-state index contributed by atoms with van der Waals surface area (Å²) >= 11 is 12.5. The maximum atomic E-state index is 14.3. The van der Waals surface area contributed by atoms with E-state index >= 15 is 0 Å². The van der Waals surface area contributed by atoms with E-state index < -0.39 is 29.3 Å². The van der Waals surface area contributed by atoms with Gasteiger partial charge in [-0.15, -0.1) is 0 Å². The molecule has 0 spiro atoms. The minimum absolute atomic E-state index is 0.246. The Morgan fingerprint density at radius 3 is 2.40 bits per heavy atom. The van der Waals surface area contributed by atoms with Gasteiger partial charge in [-0.25, -0.2) is 9.37 Å². The van der Waals surface area contributed by atoms with Crippen LogP contribution in [0.3, 0.4) is 0 Å². The molecule has 0 bridgehead atoms. The van der Waals surface area contributed by atoms with E-state index in [0.717, 1.165) is 45.4 Å². The quantitative estimate of drug-likeness (QED) is 0.237. The van der Waals surface area contributed by atoms with Crippen LogP contribution in [0.1, 0.15) is 31.7 Å². The number of likely N-dealkylation sites (tertiary alicyclic amines) is 1. The van der Waals surface area contributed by atoms with Gasteiger partial charge in [0.2, 0.25) is 0 Å². The van der Waals surface area contributed by atoms with Gasteiger partial charge in [0.05, 0.1) is 16.9 Å². The number of nitrogens with zero attached hydrogens (tertiary/aromatic N) is 4. The van der Waals surface area contributed by atoms with Crippen molar-refractivity contribution in [2.45, 2.75) is 51.0 Å². The van der Waals surface area contributed by atoms with Crippen LogP contribution >= 0.6 is 23.2 Å². The van der Waals surface area contributed by atoms with Gasteiger partial charge >= 0.3 is 6.18 Å². The second-order valence-corrected chi connectivity index (χ2v) is 11.9. The number of piperidine rings is 1. The zero-order chi connectivity index (χ0) is 30.9. The molecule has 2 N–H and O–H groups in total. The minimum atomic E-state index is -4.54. The molecule has 0 amide bonds. The van der Waals surface area contributed by atoms with Crippen molar-refractivity contribution in [1.29, 1.82) is 0 Å². The third-order valence-corrected chi connectivity index (χ3v) is 8.71. The van der Waals surface area contributed by atoms with Crippen LogP contribution in [0.4, 0.5) is 40.4 Å². The smallest absolute Gasteiger partial charge is 0.371 e. The number of rotatable bonds is 9. The van der Waals surface area contributed by atoms with Gasteiger partial charge in [-0.05, 0) is 50.6 Å². The fourth-order valence-electron chi connectivity index (χ4n) is 5.95. The molecule has 0 radical (unpaired) electrons. The van der Waals surface area contributed by atoms with E-state index in [9.17, 15) is 27.2 Å². The summed E-state index contributed by atoms with van der Waals surface area (Å²) in [5, 5.41) is 5.38. The lowest BCUT2D eigenvalue weighted by atomic mass is 9.97. The van der Waals surface area contributed by atoms with E-state index in [0.29, 0.717) is 40.6 Å². The second-order valence-electron chi connectivity index (χ2n) is 11.0. The average Bonchev–Trinajstić information content (AvgIpc) is 2.97. The molecule has 0 aliphatic carbocycles. The molecule has 1 unspecified atom stereocenters. The lowest BCUT2D eigenvalue weighted by Crippen LogP contribution is -2.58. The summed E-state index contributed by atoms with van der Waals surface area (Å²) in [6, 6.07) is 7.06. The van der Waals surface area contributed by atoms with Crippen molar-refractivity contribution in [3.63, 3.8) is 0 Å². The molecular formula is C29H32Cl2F4N6O2. The summed E-state index contributed by atoms with van der Waals surface area (Å²) in [6.07, 6.45) is -0.190. The summed E-state index contributed by atoms with van der Waals surface area (Å²) in [5.74, 6) is 0.296. The van der Waals surface area contributed by atoms with Gasteiger partial charge in [0.25, 0.3) is 10.9 Å². The van der Waals surface area contributed by atoms with Crippen molar-refractivity contribution < 1.29 is 17.6 Å². The van der Waals surface area contributed by atoms with Gasteiger partial charge < -0.3 is 15.5 Å². The Kier molecular flexibility index (Phi) is 9.50. The number of pyridine rings is 1. The zero-order valence-electron chi connectivity index (χ0n) is 23.5. The van der Waals surface area contributed by atoms with E-state index in [-0.39, 0.29) is 23.2 Å². The summed E-state index contributed by atoms with van der Waals surface area (Å²) in [6.45, 7) is 5.28. The van der Waals surface area contributed by atoms with Crippen LogP contribution in [0.5, 0.6) is 0 Å². The highest BCUT2D eigenvalue weighted by Crippen LogP contribution is 2.32. The Morgan fingerprint density at radius 1 is 1.02 bits per heavy atom. The molecular weight excluding hydrogens is 611 g/mol. The standard InChI is InChI=1S/C29H32Cl2F4N6O2/c1-2-20-15-40(9-10-41(20)21-5-7-39(8-6-21)14-17-3-4-18(30)11-23(17)32)28-22(31)12-19(13-36-28)38-25-24(26(42)27(25)43)37-16-29(33,34)35/h3-4,11-13,20-21,37-38H,2,5-10,14-16H2,1H3. The monoisotopic (exact) mass is 642 g/mol. The second kappa shape index (κ2) is 13.0. The van der Waals surface area contributed by atoms with Crippen LogP contribution in [0.2, 0.25) is 10.0 Å². The van der Waals surface area contributed by atoms with Crippen LogP contribution in [0, 0.1) is 5.82 Å². The predicted octanol–water partition coefficient (Wildman–Crippen LogP) is 5.41. The van der Waals surface area contributed by atoms with Crippen molar-refractivity contribution >= 4 is 46.1 Å². The normalized spacial score (nSPS) is 19.2. The number of anilines is 4. The topological polar surface area (TPSA) is 80.8 Å². The molecule has 14 heteroatoms. The van der Waals surface area contributed by atoms with Gasteiger partial charge in [0, 0.05) is 48.8 Å². The molecule has 2 saturated heterocycles. The fourth-order valence-corrected chi connectivity index (χ4v) is 6.39.